The fourth-order valence-electron chi connectivity index (χ4n) is 3.98. The summed E-state index contributed by atoms with van der Waals surface area (Å²) in [5, 5.41) is 0. The summed E-state index contributed by atoms with van der Waals surface area (Å²) in [6.45, 7) is 23.7. The van der Waals surface area contributed by atoms with Gasteiger partial charge in [0.1, 0.15) is 32.3 Å². The van der Waals surface area contributed by atoms with Crippen molar-refractivity contribution < 1.29 is 26.3 Å². The molecule has 10 heteroatoms. The maximum Gasteiger partial charge on any atom is 0.411 e. The van der Waals surface area contributed by atoms with Crippen molar-refractivity contribution in [1.29, 1.82) is 0 Å². The summed E-state index contributed by atoms with van der Waals surface area (Å²) in [4.78, 5) is 0. The number of alkyl halides is 6. The van der Waals surface area contributed by atoms with Gasteiger partial charge in [0.25, 0.3) is 0 Å². The molecule has 0 aromatic heterocycles. The third kappa shape index (κ3) is 10.6. The Labute approximate surface area is 269 Å². The van der Waals surface area contributed by atoms with Crippen molar-refractivity contribution in [3.05, 3.63) is 69.8 Å². The molecular formula is C35H42F6Si4. The van der Waals surface area contributed by atoms with E-state index in [1.54, 1.807) is 0 Å². The lowest BCUT2D eigenvalue weighted by atomic mass is 9.71. The zero-order chi connectivity index (χ0) is 34.9. The highest BCUT2D eigenvalue weighted by molar-refractivity contribution is 6.85. The van der Waals surface area contributed by atoms with E-state index in [1.807, 2.05) is 78.6 Å². The maximum absolute atomic E-state index is 15.2. The van der Waals surface area contributed by atoms with Crippen molar-refractivity contribution in [3.63, 3.8) is 0 Å². The van der Waals surface area contributed by atoms with Gasteiger partial charge in [0.2, 0.25) is 5.41 Å². The number of halogens is 6. The summed E-state index contributed by atoms with van der Waals surface area (Å²) in [6, 6.07) is 6.11. The summed E-state index contributed by atoms with van der Waals surface area (Å²) in [7, 11) is -7.93. The molecular weight excluding hydrogens is 647 g/mol. The van der Waals surface area contributed by atoms with Crippen LogP contribution in [0.1, 0.15) is 33.4 Å². The molecule has 0 radical (unpaired) electrons. The van der Waals surface area contributed by atoms with Gasteiger partial charge >= 0.3 is 12.4 Å². The SMILES string of the molecule is C[Si](C)(C)C#Cc1ccc(C(c2ccc(C#C[Si](C)(C)C)c(C#C[Si](C)(C)C)c2)(C(F)(F)F)C(F)(F)F)cc1C#C[Si](C)(C)C. The molecule has 0 amide bonds. The Morgan fingerprint density at radius 1 is 0.400 bits per heavy atom. The minimum atomic E-state index is -5.75. The first-order valence-corrected chi connectivity index (χ1v) is 28.6. The molecule has 45 heavy (non-hydrogen) atoms. The van der Waals surface area contributed by atoms with E-state index >= 15 is 26.3 Å². The Morgan fingerprint density at radius 2 is 0.644 bits per heavy atom. The highest BCUT2D eigenvalue weighted by atomic mass is 28.3. The monoisotopic (exact) mass is 688 g/mol. The van der Waals surface area contributed by atoms with Crippen LogP contribution in [0.3, 0.4) is 0 Å². The fourth-order valence-corrected chi connectivity index (χ4v) is 6.02. The van der Waals surface area contributed by atoms with Gasteiger partial charge in [-0.05, 0) is 35.4 Å². The van der Waals surface area contributed by atoms with Gasteiger partial charge < -0.3 is 0 Å². The highest BCUT2D eigenvalue weighted by Crippen LogP contribution is 2.56. The molecule has 2 aromatic rings. The van der Waals surface area contributed by atoms with Gasteiger partial charge in [-0.1, -0.05) is 114 Å². The van der Waals surface area contributed by atoms with Gasteiger partial charge in [-0.3, -0.25) is 0 Å². The lowest BCUT2D eigenvalue weighted by molar-refractivity contribution is -0.288. The average molecular weight is 689 g/mol. The topological polar surface area (TPSA) is 0 Å². The van der Waals surface area contributed by atoms with Crippen molar-refractivity contribution in [3.8, 4) is 45.9 Å². The van der Waals surface area contributed by atoms with E-state index < -0.39 is 61.2 Å². The predicted octanol–water partition coefficient (Wildman–Crippen LogP) is 10.0. The van der Waals surface area contributed by atoms with Gasteiger partial charge in [-0.15, -0.1) is 22.2 Å². The zero-order valence-electron chi connectivity index (χ0n) is 28.2. The van der Waals surface area contributed by atoms with Crippen LogP contribution in [0.15, 0.2) is 36.4 Å². The van der Waals surface area contributed by atoms with Gasteiger partial charge in [0, 0.05) is 22.3 Å². The Morgan fingerprint density at radius 3 is 0.867 bits per heavy atom. The van der Waals surface area contributed by atoms with Crippen molar-refractivity contribution in [2.24, 2.45) is 0 Å². The Kier molecular flexibility index (Phi) is 11.1. The molecule has 0 fully saturated rings. The van der Waals surface area contributed by atoms with E-state index in [2.05, 4.69) is 45.9 Å². The standard InChI is InChI=1S/C35H42F6Si4/c1-42(2,3)21-17-27-13-15-31(25-29(27)19-23-44(7,8)9)33(34(36,37)38,35(39,40)41)32-16-14-28(18-22-43(4,5)6)30(26-32)20-24-45(10,11)12/h13-16,25-26H,1-12H3. The van der Waals surface area contributed by atoms with E-state index in [0.29, 0.717) is 11.1 Å². The van der Waals surface area contributed by atoms with Crippen molar-refractivity contribution in [2.75, 3.05) is 0 Å². The van der Waals surface area contributed by atoms with Crippen LogP contribution in [-0.2, 0) is 5.41 Å². The minimum Gasteiger partial charge on any atom is -0.169 e. The van der Waals surface area contributed by atoms with Gasteiger partial charge in [-0.2, -0.15) is 26.3 Å². The van der Waals surface area contributed by atoms with Crippen LogP contribution in [0.4, 0.5) is 26.3 Å². The molecule has 0 N–H and O–H groups in total. The molecule has 0 atom stereocenters. The highest BCUT2D eigenvalue weighted by Gasteiger charge is 2.72. The van der Waals surface area contributed by atoms with Crippen LogP contribution in [0.2, 0.25) is 78.6 Å². The third-order valence-corrected chi connectivity index (χ3v) is 9.54. The van der Waals surface area contributed by atoms with E-state index in [9.17, 15) is 0 Å². The third-order valence-electron chi connectivity index (χ3n) is 6.04. The number of hydrogen-bond donors (Lipinski definition) is 0. The largest absolute Gasteiger partial charge is 0.411 e. The number of benzene rings is 2. The second-order valence-electron chi connectivity index (χ2n) is 15.3. The first-order valence-electron chi connectivity index (χ1n) is 14.6. The Balaban J connectivity index is 3.15. The summed E-state index contributed by atoms with van der Waals surface area (Å²) in [5.41, 5.74) is 6.93. The molecule has 2 aromatic carbocycles. The van der Waals surface area contributed by atoms with Gasteiger partial charge in [-0.25, -0.2) is 0 Å². The minimum absolute atomic E-state index is 0.0509. The zero-order valence-corrected chi connectivity index (χ0v) is 32.2. The van der Waals surface area contributed by atoms with Crippen molar-refractivity contribution in [2.45, 2.75) is 96.3 Å². The van der Waals surface area contributed by atoms with E-state index in [1.165, 1.54) is 12.1 Å². The molecule has 240 valence electrons. The van der Waals surface area contributed by atoms with Gasteiger partial charge in [0.15, 0.2) is 0 Å². The molecule has 0 nitrogen and oxygen atoms in total. The first-order chi connectivity index (χ1) is 20.1. The van der Waals surface area contributed by atoms with E-state index in [4.69, 9.17) is 0 Å². The molecule has 2 rings (SSSR count). The Bertz CT molecular complexity index is 1550. The molecule has 0 aliphatic rings. The van der Waals surface area contributed by atoms with Gasteiger partial charge in [0.05, 0.1) is 0 Å². The lowest BCUT2D eigenvalue weighted by Gasteiger charge is -2.38. The Hall–Kier alpha value is -2.87. The van der Waals surface area contributed by atoms with Crippen molar-refractivity contribution in [1.82, 2.24) is 0 Å². The maximum atomic E-state index is 15.2. The molecule has 0 saturated heterocycles. The van der Waals surface area contributed by atoms with Crippen LogP contribution in [0, 0.1) is 45.9 Å². The summed E-state index contributed by atoms with van der Waals surface area (Å²) < 4.78 is 91.5. The quantitative estimate of drug-likeness (QED) is 0.167. The average Bonchev–Trinajstić information content (AvgIpc) is 2.81. The molecule has 0 spiro atoms. The molecule has 0 saturated carbocycles. The van der Waals surface area contributed by atoms with Crippen LogP contribution >= 0.6 is 0 Å². The number of rotatable bonds is 2. The summed E-state index contributed by atoms with van der Waals surface area (Å²) in [6.07, 6.45) is -11.5. The second kappa shape index (κ2) is 13.1. The molecule has 0 bridgehead atoms. The second-order valence-corrected chi connectivity index (χ2v) is 34.3. The van der Waals surface area contributed by atoms with Crippen molar-refractivity contribution >= 4 is 32.3 Å². The lowest BCUT2D eigenvalue weighted by Crippen LogP contribution is -2.54. The summed E-state index contributed by atoms with van der Waals surface area (Å²) >= 11 is 0. The predicted molar refractivity (Wildman–Crippen MR) is 187 cm³/mol. The summed E-state index contributed by atoms with van der Waals surface area (Å²) in [5.74, 6) is 11.8. The fraction of sp³-hybridized carbons (Fsp3) is 0.429. The molecule has 0 unspecified atom stereocenters. The van der Waals surface area contributed by atoms with E-state index in [0.717, 1.165) is 24.3 Å². The number of hydrogen-bond acceptors (Lipinski definition) is 0. The molecule has 0 aliphatic heterocycles. The van der Waals surface area contributed by atoms with Crippen LogP contribution in [-0.4, -0.2) is 44.6 Å². The van der Waals surface area contributed by atoms with Crippen LogP contribution in [0.5, 0.6) is 0 Å². The molecule has 0 aliphatic carbocycles. The first kappa shape index (κ1) is 38.3. The smallest absolute Gasteiger partial charge is 0.169 e. The molecule has 0 heterocycles. The van der Waals surface area contributed by atoms with E-state index in [-0.39, 0.29) is 11.1 Å². The normalized spacial score (nSPS) is 12.8. The van der Waals surface area contributed by atoms with Crippen LogP contribution < -0.4 is 0 Å². The van der Waals surface area contributed by atoms with Crippen LogP contribution in [0.25, 0.3) is 0 Å².